The second kappa shape index (κ2) is 8.80. The van der Waals surface area contributed by atoms with E-state index in [-0.39, 0.29) is 17.7 Å². The molecule has 1 saturated carbocycles. The van der Waals surface area contributed by atoms with Gasteiger partial charge in [-0.25, -0.2) is 0 Å². The lowest BCUT2D eigenvalue weighted by molar-refractivity contribution is -0.169. The van der Waals surface area contributed by atoms with Gasteiger partial charge in [0.05, 0.1) is 23.6 Å². The van der Waals surface area contributed by atoms with Crippen molar-refractivity contribution in [2.24, 2.45) is 17.6 Å². The molecule has 0 heterocycles. The molecule has 2 aromatic carbocycles. The summed E-state index contributed by atoms with van der Waals surface area (Å²) in [5.41, 5.74) is 2.34. The van der Waals surface area contributed by atoms with Crippen LogP contribution in [0.3, 0.4) is 0 Å². The van der Waals surface area contributed by atoms with Crippen LogP contribution in [-0.2, 0) is 20.8 Å². The van der Waals surface area contributed by atoms with Crippen molar-refractivity contribution in [1.82, 2.24) is 4.90 Å². The molecule has 7 N–H and O–H groups in total. The highest BCUT2D eigenvalue weighted by Crippen LogP contribution is 2.56. The number of phenols is 1. The quantitative estimate of drug-likeness (QED) is 0.316. The summed E-state index contributed by atoms with van der Waals surface area (Å²) in [7, 11) is 2.94. The van der Waals surface area contributed by atoms with Gasteiger partial charge in [0.25, 0.3) is 5.91 Å². The number of rotatable bonds is 4. The molecule has 10 heteroatoms. The molecule has 3 aliphatic rings. The Bertz CT molecular complexity index is 1430. The van der Waals surface area contributed by atoms with Crippen LogP contribution in [0.5, 0.6) is 5.75 Å². The molecule has 10 nitrogen and oxygen atoms in total. The number of carbonyl (C=O) groups is 3. The number of ketones is 2. The van der Waals surface area contributed by atoms with E-state index in [4.69, 9.17) is 5.73 Å². The Morgan fingerprint density at radius 1 is 1.03 bits per heavy atom. The van der Waals surface area contributed by atoms with E-state index in [1.54, 1.807) is 12.1 Å². The Hall–Kier alpha value is -3.99. The van der Waals surface area contributed by atoms with Crippen molar-refractivity contribution in [2.75, 3.05) is 14.1 Å². The summed E-state index contributed by atoms with van der Waals surface area (Å²) in [5, 5.41) is 56.6. The second-order valence-electron chi connectivity index (χ2n) is 10.3. The zero-order chi connectivity index (χ0) is 27.7. The van der Waals surface area contributed by atoms with Gasteiger partial charge < -0.3 is 31.3 Å². The molecule has 0 unspecified atom stereocenters. The first kappa shape index (κ1) is 25.7. The summed E-state index contributed by atoms with van der Waals surface area (Å²) in [4.78, 5) is 40.9. The van der Waals surface area contributed by atoms with Crippen LogP contribution in [0.25, 0.3) is 5.76 Å². The second-order valence-corrected chi connectivity index (χ2v) is 10.3. The van der Waals surface area contributed by atoms with Gasteiger partial charge in [0.2, 0.25) is 5.78 Å². The van der Waals surface area contributed by atoms with Gasteiger partial charge in [0.15, 0.2) is 11.4 Å². The molecule has 0 spiro atoms. The third-order valence-corrected chi connectivity index (χ3v) is 8.10. The normalized spacial score (nSPS) is 30.7. The smallest absolute Gasteiger partial charge is 0.255 e. The molecule has 2 aromatic rings. The van der Waals surface area contributed by atoms with Crippen molar-refractivity contribution in [1.29, 1.82) is 0 Å². The van der Waals surface area contributed by atoms with Crippen LogP contribution >= 0.6 is 0 Å². The number of Topliss-reactive ketones (excluding diaryl/α,β-unsaturated/α-hetero) is 2. The summed E-state index contributed by atoms with van der Waals surface area (Å²) < 4.78 is 0. The zero-order valence-electron chi connectivity index (χ0n) is 20.7. The minimum absolute atomic E-state index is 0.0306. The van der Waals surface area contributed by atoms with E-state index in [0.29, 0.717) is 5.56 Å². The maximum Gasteiger partial charge on any atom is 0.255 e. The lowest BCUT2D eigenvalue weighted by Gasteiger charge is -2.54. The lowest BCUT2D eigenvalue weighted by atomic mass is 9.53. The monoisotopic (exact) mass is 520 g/mol. The van der Waals surface area contributed by atoms with Gasteiger partial charge in [0, 0.05) is 11.5 Å². The molecule has 3 aliphatic carbocycles. The van der Waals surface area contributed by atoms with Crippen molar-refractivity contribution in [3.63, 3.8) is 0 Å². The van der Waals surface area contributed by atoms with Gasteiger partial charge in [-0.3, -0.25) is 19.3 Å². The molecule has 0 radical (unpaired) electrons. The Morgan fingerprint density at radius 2 is 1.68 bits per heavy atom. The maximum absolute atomic E-state index is 14.1. The molecule has 0 aromatic heterocycles. The Balaban J connectivity index is 1.81. The summed E-state index contributed by atoms with van der Waals surface area (Å²) >= 11 is 0. The average Bonchev–Trinajstić information content (AvgIpc) is 2.86. The van der Waals surface area contributed by atoms with Crippen LogP contribution in [0.4, 0.5) is 0 Å². The van der Waals surface area contributed by atoms with Crippen LogP contribution in [0.15, 0.2) is 65.4 Å². The number of phenolic OH excluding ortho intramolecular Hbond substituents is 1. The molecule has 38 heavy (non-hydrogen) atoms. The van der Waals surface area contributed by atoms with Crippen molar-refractivity contribution in [2.45, 2.75) is 30.1 Å². The predicted octanol–water partition coefficient (Wildman–Crippen LogP) is 0.719. The van der Waals surface area contributed by atoms with E-state index in [2.05, 4.69) is 0 Å². The number of hydrogen-bond donors (Lipinski definition) is 6. The largest absolute Gasteiger partial charge is 0.508 e. The number of aliphatic hydroxyl groups is 4. The highest BCUT2D eigenvalue weighted by molar-refractivity contribution is 6.24. The fraction of sp³-hybridized carbons (Fsp3) is 0.321. The van der Waals surface area contributed by atoms with Crippen LogP contribution in [0, 0.1) is 11.8 Å². The highest BCUT2D eigenvalue weighted by Gasteiger charge is 2.68. The Kier molecular flexibility index (Phi) is 5.94. The van der Waals surface area contributed by atoms with E-state index >= 15 is 0 Å². The number of aliphatic hydroxyl groups excluding tert-OH is 3. The van der Waals surface area contributed by atoms with Gasteiger partial charge in [-0.2, -0.15) is 0 Å². The van der Waals surface area contributed by atoms with Crippen molar-refractivity contribution < 1.29 is 39.9 Å². The average molecular weight is 521 g/mol. The molecular formula is C28H28N2O8. The summed E-state index contributed by atoms with van der Waals surface area (Å²) in [6.07, 6.45) is -1.37. The maximum atomic E-state index is 14.1. The van der Waals surface area contributed by atoms with Crippen LogP contribution in [-0.4, -0.2) is 79.7 Å². The molecule has 5 rings (SSSR count). The van der Waals surface area contributed by atoms with Gasteiger partial charge in [0.1, 0.15) is 22.8 Å². The number of benzene rings is 2. The number of aromatic hydroxyl groups is 1. The van der Waals surface area contributed by atoms with Crippen LogP contribution in [0.1, 0.15) is 22.6 Å². The van der Waals surface area contributed by atoms with Gasteiger partial charge in [-0.05, 0) is 43.6 Å². The minimum Gasteiger partial charge on any atom is -0.508 e. The number of amides is 1. The number of carbonyl (C=O) groups excluding carboxylic acids is 3. The van der Waals surface area contributed by atoms with Crippen molar-refractivity contribution >= 4 is 23.2 Å². The SMILES string of the molecule is CN(C)[C@@H]1C(=O)C(C(N)=O)=C(O)[C@@]2(O)C(=O)C3=C(O)c4c(O)cccc4[C@H](Cc4ccccc4)[C@H]3[C@H](O)[C@@H]12. The molecule has 1 amide bonds. The van der Waals surface area contributed by atoms with Crippen LogP contribution in [0.2, 0.25) is 0 Å². The molecule has 0 saturated heterocycles. The third kappa shape index (κ3) is 3.34. The number of nitrogens with zero attached hydrogens (tertiary/aromatic N) is 1. The van der Waals surface area contributed by atoms with E-state index in [9.17, 15) is 39.9 Å². The van der Waals surface area contributed by atoms with Crippen molar-refractivity contribution in [3.8, 4) is 5.75 Å². The first-order valence-corrected chi connectivity index (χ1v) is 12.1. The first-order valence-electron chi connectivity index (χ1n) is 12.1. The topological polar surface area (TPSA) is 182 Å². The fourth-order valence-electron chi connectivity index (χ4n) is 6.50. The number of fused-ring (bicyclic) bond motifs is 3. The summed E-state index contributed by atoms with van der Waals surface area (Å²) in [6.45, 7) is 0. The van der Waals surface area contributed by atoms with Crippen LogP contribution < -0.4 is 5.73 Å². The molecule has 0 aliphatic heterocycles. The molecule has 198 valence electrons. The van der Waals surface area contributed by atoms with E-state index in [1.165, 1.54) is 25.1 Å². The highest BCUT2D eigenvalue weighted by atomic mass is 16.4. The number of primary amides is 1. The number of likely N-dealkylation sites (N-methyl/N-ethyl adjacent to an activating group) is 1. The van der Waals surface area contributed by atoms with Gasteiger partial charge >= 0.3 is 0 Å². The van der Waals surface area contributed by atoms with Gasteiger partial charge in [-0.15, -0.1) is 0 Å². The number of hydrogen-bond acceptors (Lipinski definition) is 9. The van der Waals surface area contributed by atoms with E-state index in [1.807, 2.05) is 30.3 Å². The van der Waals surface area contributed by atoms with E-state index < -0.39 is 75.6 Å². The van der Waals surface area contributed by atoms with Gasteiger partial charge in [-0.1, -0.05) is 42.5 Å². The Labute approximate surface area is 217 Å². The molecular weight excluding hydrogens is 492 g/mol. The molecule has 6 atom stereocenters. The minimum atomic E-state index is -2.94. The van der Waals surface area contributed by atoms with Crippen molar-refractivity contribution in [3.05, 3.63) is 82.1 Å². The lowest BCUT2D eigenvalue weighted by Crippen LogP contribution is -2.70. The third-order valence-electron chi connectivity index (χ3n) is 8.10. The number of nitrogens with two attached hydrogens (primary N) is 1. The summed E-state index contributed by atoms with van der Waals surface area (Å²) in [5.74, 6) is -9.09. The fourth-order valence-corrected chi connectivity index (χ4v) is 6.50. The van der Waals surface area contributed by atoms with E-state index in [0.717, 1.165) is 5.56 Å². The molecule has 1 fully saturated rings. The molecule has 0 bridgehead atoms. The Morgan fingerprint density at radius 3 is 2.29 bits per heavy atom. The first-order chi connectivity index (χ1) is 17.9. The zero-order valence-corrected chi connectivity index (χ0v) is 20.7. The summed E-state index contributed by atoms with van der Waals surface area (Å²) in [6, 6.07) is 12.4. The predicted molar refractivity (Wildman–Crippen MR) is 135 cm³/mol. The standard InChI is InChI=1S/C28H28N2O8/c1-30(2)21-20-23(33)17-14(11-12-7-4-3-5-8-12)13-9-6-10-15(31)16(13)22(32)18(17)25(35)28(20,38)26(36)19(24(21)34)27(29)37/h3-10,14,17,20-21,23,31-33,36,38H,11H2,1-2H3,(H2,29,37)/t14-,17+,20+,21-,23-,28-/m0/s1.